The Balaban J connectivity index is 2.26. The van der Waals surface area contributed by atoms with Gasteiger partial charge in [-0.25, -0.2) is 0 Å². The number of hydrogen-bond donors (Lipinski definition) is 1. The van der Waals surface area contributed by atoms with Crippen molar-refractivity contribution in [2.45, 2.75) is 19.8 Å². The van der Waals surface area contributed by atoms with Crippen LogP contribution < -0.4 is 0 Å². The van der Waals surface area contributed by atoms with Gasteiger partial charge in [-0.3, -0.25) is 10.2 Å². The maximum atomic E-state index is 11.6. The molecule has 3 nitrogen and oxygen atoms in total. The summed E-state index contributed by atoms with van der Waals surface area (Å²) < 4.78 is 4.87. The topological polar surface area (TPSA) is 50.1 Å². The second kappa shape index (κ2) is 4.08. The average molecular weight is 217 g/mol. The van der Waals surface area contributed by atoms with Crippen molar-refractivity contribution in [1.29, 1.82) is 5.41 Å². The van der Waals surface area contributed by atoms with Crippen LogP contribution in [0.5, 0.6) is 0 Å². The smallest absolute Gasteiger partial charge is 0.316 e. The molecule has 1 aliphatic rings. The van der Waals surface area contributed by atoms with E-state index in [0.29, 0.717) is 0 Å². The predicted octanol–water partition coefficient (Wildman–Crippen LogP) is 2.58. The lowest BCUT2D eigenvalue weighted by Crippen LogP contribution is -2.21. The highest BCUT2D eigenvalue weighted by atomic mass is 16.5. The summed E-state index contributed by atoms with van der Waals surface area (Å²) >= 11 is 0. The largest absolute Gasteiger partial charge is 0.412 e. The normalized spacial score (nSPS) is 26.6. The molecule has 0 radical (unpaired) electrons. The Bertz CT molecular complexity index is 413. The first kappa shape index (κ1) is 10.9. The molecule has 1 heterocycles. The standard InChI is InChI=1S/C13H15NO2/c1-8(10-6-4-3-5-7-10)11-9(2)12(14)16-13(11)15/h3-9,11,14H,1-2H3/t8-,9+,11+/m1/s1. The maximum Gasteiger partial charge on any atom is 0.316 e. The van der Waals surface area contributed by atoms with E-state index in [1.807, 2.05) is 44.2 Å². The number of esters is 1. The first-order chi connectivity index (χ1) is 7.61. The summed E-state index contributed by atoms with van der Waals surface area (Å²) in [5.41, 5.74) is 1.12. The summed E-state index contributed by atoms with van der Waals surface area (Å²) in [7, 11) is 0. The molecule has 1 saturated heterocycles. The Morgan fingerprint density at radius 3 is 2.44 bits per heavy atom. The molecule has 1 aromatic carbocycles. The molecular formula is C13H15NO2. The lowest BCUT2D eigenvalue weighted by Gasteiger charge is -2.18. The third kappa shape index (κ3) is 1.73. The summed E-state index contributed by atoms with van der Waals surface area (Å²) in [5, 5.41) is 7.53. The third-order valence-electron chi connectivity index (χ3n) is 3.30. The van der Waals surface area contributed by atoms with Crippen LogP contribution in [-0.2, 0) is 9.53 Å². The van der Waals surface area contributed by atoms with E-state index in [1.165, 1.54) is 0 Å². The minimum absolute atomic E-state index is 0.0894. The predicted molar refractivity (Wildman–Crippen MR) is 61.3 cm³/mol. The van der Waals surface area contributed by atoms with Crippen molar-refractivity contribution in [1.82, 2.24) is 0 Å². The van der Waals surface area contributed by atoms with Crippen molar-refractivity contribution in [2.75, 3.05) is 0 Å². The Morgan fingerprint density at radius 1 is 1.31 bits per heavy atom. The average Bonchev–Trinajstić information content (AvgIpc) is 2.54. The zero-order valence-electron chi connectivity index (χ0n) is 9.44. The van der Waals surface area contributed by atoms with Gasteiger partial charge in [0.15, 0.2) is 5.90 Å². The summed E-state index contributed by atoms with van der Waals surface area (Å²) in [6, 6.07) is 9.89. The molecule has 1 aliphatic heterocycles. The molecule has 16 heavy (non-hydrogen) atoms. The first-order valence-electron chi connectivity index (χ1n) is 5.46. The summed E-state index contributed by atoms with van der Waals surface area (Å²) in [4.78, 5) is 11.6. The Kier molecular flexibility index (Phi) is 2.77. The van der Waals surface area contributed by atoms with Crippen molar-refractivity contribution >= 4 is 11.9 Å². The second-order valence-corrected chi connectivity index (χ2v) is 4.30. The lowest BCUT2D eigenvalue weighted by atomic mass is 9.81. The highest BCUT2D eigenvalue weighted by Crippen LogP contribution is 2.35. The van der Waals surface area contributed by atoms with Gasteiger partial charge in [0, 0.05) is 5.92 Å². The van der Waals surface area contributed by atoms with Gasteiger partial charge < -0.3 is 4.74 Å². The minimum atomic E-state index is -0.270. The number of carbonyl (C=O) groups excluding carboxylic acids is 1. The lowest BCUT2D eigenvalue weighted by molar-refractivity contribution is -0.137. The second-order valence-electron chi connectivity index (χ2n) is 4.30. The zero-order valence-corrected chi connectivity index (χ0v) is 9.44. The van der Waals surface area contributed by atoms with Crippen molar-refractivity contribution < 1.29 is 9.53 Å². The molecule has 0 saturated carbocycles. The molecule has 3 heteroatoms. The highest BCUT2D eigenvalue weighted by Gasteiger charge is 2.42. The van der Waals surface area contributed by atoms with E-state index in [1.54, 1.807) is 0 Å². The van der Waals surface area contributed by atoms with Gasteiger partial charge in [0.1, 0.15) is 0 Å². The van der Waals surface area contributed by atoms with Crippen molar-refractivity contribution in [3.63, 3.8) is 0 Å². The summed E-state index contributed by atoms with van der Waals surface area (Å²) in [6.45, 7) is 3.88. The Hall–Kier alpha value is -1.64. The maximum absolute atomic E-state index is 11.6. The quantitative estimate of drug-likeness (QED) is 0.774. The molecule has 0 aliphatic carbocycles. The van der Waals surface area contributed by atoms with Crippen LogP contribution in [0.4, 0.5) is 0 Å². The van der Waals surface area contributed by atoms with Gasteiger partial charge in [0.05, 0.1) is 5.92 Å². The summed E-state index contributed by atoms with van der Waals surface area (Å²) in [6.07, 6.45) is 0. The number of carbonyl (C=O) groups is 1. The van der Waals surface area contributed by atoms with Gasteiger partial charge in [0.2, 0.25) is 0 Å². The van der Waals surface area contributed by atoms with E-state index in [2.05, 4.69) is 0 Å². The van der Waals surface area contributed by atoms with Crippen LogP contribution in [0.2, 0.25) is 0 Å². The molecule has 1 fully saturated rings. The fourth-order valence-electron chi connectivity index (χ4n) is 2.24. The van der Waals surface area contributed by atoms with Crippen LogP contribution in [0.15, 0.2) is 30.3 Å². The fourth-order valence-corrected chi connectivity index (χ4v) is 2.24. The molecule has 0 unspecified atom stereocenters. The van der Waals surface area contributed by atoms with Crippen LogP contribution >= 0.6 is 0 Å². The van der Waals surface area contributed by atoms with Gasteiger partial charge in [-0.15, -0.1) is 0 Å². The van der Waals surface area contributed by atoms with Crippen molar-refractivity contribution in [3.8, 4) is 0 Å². The molecule has 0 spiro atoms. The van der Waals surface area contributed by atoms with E-state index in [9.17, 15) is 4.79 Å². The molecule has 0 bridgehead atoms. The van der Waals surface area contributed by atoms with E-state index in [4.69, 9.17) is 10.1 Å². The van der Waals surface area contributed by atoms with E-state index >= 15 is 0 Å². The SMILES string of the molecule is C[C@@H]1C(=N)OC(=O)[C@H]1[C@H](C)c1ccccc1. The number of cyclic esters (lactones) is 1. The van der Waals surface area contributed by atoms with Crippen LogP contribution in [-0.4, -0.2) is 11.9 Å². The number of nitrogens with one attached hydrogen (secondary N) is 1. The molecule has 3 atom stereocenters. The number of rotatable bonds is 2. The van der Waals surface area contributed by atoms with E-state index in [-0.39, 0.29) is 29.6 Å². The van der Waals surface area contributed by atoms with E-state index in [0.717, 1.165) is 5.56 Å². The molecular weight excluding hydrogens is 202 g/mol. The van der Waals surface area contributed by atoms with Crippen LogP contribution in [0.3, 0.4) is 0 Å². The molecule has 0 amide bonds. The molecule has 2 rings (SSSR count). The Morgan fingerprint density at radius 2 is 1.94 bits per heavy atom. The van der Waals surface area contributed by atoms with Crippen LogP contribution in [0, 0.1) is 17.2 Å². The molecule has 0 aromatic heterocycles. The van der Waals surface area contributed by atoms with Gasteiger partial charge in [0.25, 0.3) is 0 Å². The van der Waals surface area contributed by atoms with Crippen molar-refractivity contribution in [2.24, 2.45) is 11.8 Å². The first-order valence-corrected chi connectivity index (χ1v) is 5.46. The van der Waals surface area contributed by atoms with Crippen LogP contribution in [0.25, 0.3) is 0 Å². The Labute approximate surface area is 94.9 Å². The molecule has 84 valence electrons. The van der Waals surface area contributed by atoms with E-state index < -0.39 is 0 Å². The fraction of sp³-hybridized carbons (Fsp3) is 0.385. The highest BCUT2D eigenvalue weighted by molar-refractivity contribution is 5.98. The number of hydrogen-bond acceptors (Lipinski definition) is 3. The monoisotopic (exact) mass is 217 g/mol. The van der Waals surface area contributed by atoms with Gasteiger partial charge in [-0.2, -0.15) is 0 Å². The molecule has 1 aromatic rings. The van der Waals surface area contributed by atoms with Gasteiger partial charge in [-0.1, -0.05) is 44.2 Å². The minimum Gasteiger partial charge on any atom is -0.412 e. The third-order valence-corrected chi connectivity index (χ3v) is 3.30. The zero-order chi connectivity index (χ0) is 11.7. The van der Waals surface area contributed by atoms with Gasteiger partial charge >= 0.3 is 5.97 Å². The number of ether oxygens (including phenoxy) is 1. The van der Waals surface area contributed by atoms with Crippen LogP contribution in [0.1, 0.15) is 25.3 Å². The molecule has 1 N–H and O–H groups in total. The summed E-state index contributed by atoms with van der Waals surface area (Å²) in [5.74, 6) is -0.434. The van der Waals surface area contributed by atoms with Gasteiger partial charge in [-0.05, 0) is 11.5 Å². The number of benzene rings is 1. The van der Waals surface area contributed by atoms with Crippen molar-refractivity contribution in [3.05, 3.63) is 35.9 Å².